The van der Waals surface area contributed by atoms with Crippen molar-refractivity contribution in [3.05, 3.63) is 23.8 Å². The van der Waals surface area contributed by atoms with Gasteiger partial charge in [0.1, 0.15) is 11.9 Å². The van der Waals surface area contributed by atoms with Crippen molar-refractivity contribution in [3.63, 3.8) is 0 Å². The molecule has 0 radical (unpaired) electrons. The molecule has 1 saturated carbocycles. The smallest absolute Gasteiger partial charge is 0.227 e. The summed E-state index contributed by atoms with van der Waals surface area (Å²) in [4.78, 5) is 32.2. The first kappa shape index (κ1) is 30.4. The van der Waals surface area contributed by atoms with Gasteiger partial charge in [0, 0.05) is 43.2 Å². The molecule has 2 amide bonds. The van der Waals surface area contributed by atoms with Crippen molar-refractivity contribution in [2.75, 3.05) is 59.2 Å². The number of carbonyl (C=O) groups excluding carboxylic acids is 2. The highest BCUT2D eigenvalue weighted by Gasteiger charge is 2.31. The Balaban J connectivity index is 1.78. The number of ether oxygens (including phenoxy) is 1. The monoisotopic (exact) mass is 530 g/mol. The van der Waals surface area contributed by atoms with Crippen molar-refractivity contribution in [3.8, 4) is 5.75 Å². The fourth-order valence-corrected chi connectivity index (χ4v) is 5.70. The molecule has 0 aromatic heterocycles. The lowest BCUT2D eigenvalue weighted by atomic mass is 9.89. The van der Waals surface area contributed by atoms with E-state index in [0.717, 1.165) is 37.5 Å². The average Bonchev–Trinajstić information content (AvgIpc) is 2.91. The Kier molecular flexibility index (Phi) is 11.9. The molecular weight excluding hydrogens is 480 g/mol. The predicted octanol–water partition coefficient (Wildman–Crippen LogP) is 3.63. The van der Waals surface area contributed by atoms with Crippen LogP contribution >= 0.6 is 0 Å². The Hall–Kier alpha value is -2.16. The van der Waals surface area contributed by atoms with Gasteiger partial charge in [-0.25, -0.2) is 0 Å². The molecule has 8 nitrogen and oxygen atoms in total. The van der Waals surface area contributed by atoms with E-state index < -0.39 is 0 Å². The lowest BCUT2D eigenvalue weighted by Gasteiger charge is -2.35. The van der Waals surface area contributed by atoms with Crippen LogP contribution in [0.5, 0.6) is 5.75 Å². The number of hydrogen-bond donors (Lipinski definition) is 2. The Morgan fingerprint density at radius 3 is 2.61 bits per heavy atom. The number of benzene rings is 1. The Bertz CT molecular complexity index is 902. The molecule has 2 aliphatic rings. The number of aliphatic hydroxyl groups excluding tert-OH is 1. The molecule has 8 heteroatoms. The zero-order valence-corrected chi connectivity index (χ0v) is 24.2. The number of likely N-dealkylation sites (N-methyl/N-ethyl adjacent to an activating group) is 1. The van der Waals surface area contributed by atoms with Gasteiger partial charge in [-0.15, -0.1) is 0 Å². The predicted molar refractivity (Wildman–Crippen MR) is 152 cm³/mol. The number of carbonyl (C=O) groups is 2. The highest BCUT2D eigenvalue weighted by Crippen LogP contribution is 2.30. The van der Waals surface area contributed by atoms with Crippen LogP contribution in [0.1, 0.15) is 64.4 Å². The molecule has 3 rings (SSSR count). The van der Waals surface area contributed by atoms with Crippen LogP contribution in [-0.4, -0.2) is 97.7 Å². The Morgan fingerprint density at radius 2 is 1.92 bits per heavy atom. The molecule has 38 heavy (non-hydrogen) atoms. The van der Waals surface area contributed by atoms with Crippen molar-refractivity contribution in [1.29, 1.82) is 0 Å². The second kappa shape index (κ2) is 14.8. The zero-order chi connectivity index (χ0) is 27.7. The summed E-state index contributed by atoms with van der Waals surface area (Å²) in [5.74, 6) is 1.46. The second-order valence-corrected chi connectivity index (χ2v) is 11.9. The molecule has 0 unspecified atom stereocenters. The topological polar surface area (TPSA) is 85.3 Å². The van der Waals surface area contributed by atoms with Gasteiger partial charge in [-0.3, -0.25) is 9.59 Å². The van der Waals surface area contributed by atoms with E-state index in [1.807, 2.05) is 39.2 Å². The van der Waals surface area contributed by atoms with Crippen LogP contribution in [0.25, 0.3) is 0 Å². The van der Waals surface area contributed by atoms with Crippen molar-refractivity contribution in [2.45, 2.75) is 77.4 Å². The standard InChI is InChI=1S/C30H50N4O4/c1-22-18-34(23(2)21-35)30(37)17-25-16-26(31-29(36)12-9-15-32(3)4)13-14-27(25)38-28(22)20-33(5)19-24-10-7-6-8-11-24/h13-14,16,22-24,28,35H,6-12,15,17-21H2,1-5H3,(H,31,36)/t22-,23-,28+/m0/s1. The van der Waals surface area contributed by atoms with Gasteiger partial charge in [0.2, 0.25) is 11.8 Å². The minimum atomic E-state index is -0.272. The normalized spacial score (nSPS) is 21.9. The first-order valence-corrected chi connectivity index (χ1v) is 14.5. The maximum atomic E-state index is 13.4. The molecular formula is C30H50N4O4. The third-order valence-electron chi connectivity index (χ3n) is 8.00. The van der Waals surface area contributed by atoms with E-state index in [1.54, 1.807) is 4.90 Å². The van der Waals surface area contributed by atoms with E-state index >= 15 is 0 Å². The van der Waals surface area contributed by atoms with Crippen LogP contribution in [-0.2, 0) is 16.0 Å². The van der Waals surface area contributed by atoms with E-state index in [1.165, 1.54) is 32.1 Å². The zero-order valence-electron chi connectivity index (χ0n) is 24.2. The van der Waals surface area contributed by atoms with Gasteiger partial charge in [-0.2, -0.15) is 0 Å². The molecule has 1 aliphatic heterocycles. The SMILES string of the molecule is C[C@H]1CN([C@@H](C)CO)C(=O)Cc2cc(NC(=O)CCCN(C)C)ccc2O[C@@H]1CN(C)CC1CCCCC1. The molecule has 1 heterocycles. The van der Waals surface area contributed by atoms with Crippen LogP contribution in [0, 0.1) is 11.8 Å². The van der Waals surface area contributed by atoms with Crippen molar-refractivity contribution in [1.82, 2.24) is 14.7 Å². The second-order valence-electron chi connectivity index (χ2n) is 11.9. The van der Waals surface area contributed by atoms with Gasteiger partial charge in [0.25, 0.3) is 0 Å². The van der Waals surface area contributed by atoms with Gasteiger partial charge >= 0.3 is 0 Å². The molecule has 0 spiro atoms. The fraction of sp³-hybridized carbons (Fsp3) is 0.733. The summed E-state index contributed by atoms with van der Waals surface area (Å²) in [6, 6.07) is 5.36. The lowest BCUT2D eigenvalue weighted by molar-refractivity contribution is -0.134. The molecule has 3 atom stereocenters. The minimum absolute atomic E-state index is 0.0334. The van der Waals surface area contributed by atoms with Crippen LogP contribution in [0.2, 0.25) is 0 Å². The third kappa shape index (κ3) is 9.24. The molecule has 2 N–H and O–H groups in total. The number of amides is 2. The average molecular weight is 531 g/mol. The summed E-state index contributed by atoms with van der Waals surface area (Å²) in [5.41, 5.74) is 1.44. The van der Waals surface area contributed by atoms with E-state index in [9.17, 15) is 14.7 Å². The first-order chi connectivity index (χ1) is 18.2. The van der Waals surface area contributed by atoms with E-state index in [2.05, 4.69) is 29.1 Å². The van der Waals surface area contributed by atoms with Crippen LogP contribution < -0.4 is 10.1 Å². The number of fused-ring (bicyclic) bond motifs is 1. The summed E-state index contributed by atoms with van der Waals surface area (Å²) in [6.45, 7) is 7.17. The molecule has 1 aromatic carbocycles. The number of nitrogens with one attached hydrogen (secondary N) is 1. The van der Waals surface area contributed by atoms with Gasteiger partial charge in [-0.1, -0.05) is 26.2 Å². The largest absolute Gasteiger partial charge is 0.488 e. The lowest BCUT2D eigenvalue weighted by Crippen LogP contribution is -2.48. The maximum absolute atomic E-state index is 13.4. The number of rotatable bonds is 11. The number of nitrogens with zero attached hydrogens (tertiary/aromatic N) is 3. The minimum Gasteiger partial charge on any atom is -0.488 e. The number of anilines is 1. The molecule has 0 saturated heterocycles. The summed E-state index contributed by atoms with van der Waals surface area (Å²) in [5, 5.41) is 12.9. The van der Waals surface area contributed by atoms with Crippen molar-refractivity contribution >= 4 is 17.5 Å². The van der Waals surface area contributed by atoms with E-state index in [-0.39, 0.29) is 42.9 Å². The molecule has 214 valence electrons. The summed E-state index contributed by atoms with van der Waals surface area (Å²) in [6.07, 6.45) is 7.90. The van der Waals surface area contributed by atoms with Crippen molar-refractivity contribution < 1.29 is 19.4 Å². The van der Waals surface area contributed by atoms with Crippen LogP contribution in [0.3, 0.4) is 0 Å². The summed E-state index contributed by atoms with van der Waals surface area (Å²) in [7, 11) is 6.16. The van der Waals surface area contributed by atoms with Gasteiger partial charge in [0.15, 0.2) is 0 Å². The molecule has 0 bridgehead atoms. The Morgan fingerprint density at radius 1 is 1.18 bits per heavy atom. The van der Waals surface area contributed by atoms with Crippen molar-refractivity contribution in [2.24, 2.45) is 11.8 Å². The van der Waals surface area contributed by atoms with Gasteiger partial charge in [0.05, 0.1) is 19.1 Å². The number of hydrogen-bond acceptors (Lipinski definition) is 6. The summed E-state index contributed by atoms with van der Waals surface area (Å²) < 4.78 is 6.65. The fourth-order valence-electron chi connectivity index (χ4n) is 5.70. The highest BCUT2D eigenvalue weighted by atomic mass is 16.5. The summed E-state index contributed by atoms with van der Waals surface area (Å²) >= 11 is 0. The molecule has 1 aliphatic carbocycles. The van der Waals surface area contributed by atoms with Gasteiger partial charge < -0.3 is 29.9 Å². The number of aliphatic hydroxyl groups is 1. The Labute approximate surface area is 229 Å². The van der Waals surface area contributed by atoms with Crippen LogP contribution in [0.4, 0.5) is 5.69 Å². The highest BCUT2D eigenvalue weighted by molar-refractivity contribution is 5.91. The molecule has 1 fully saturated rings. The third-order valence-corrected chi connectivity index (χ3v) is 8.00. The molecule has 1 aromatic rings. The maximum Gasteiger partial charge on any atom is 0.227 e. The van der Waals surface area contributed by atoms with E-state index in [0.29, 0.717) is 24.4 Å². The van der Waals surface area contributed by atoms with E-state index in [4.69, 9.17) is 4.74 Å². The van der Waals surface area contributed by atoms with Crippen LogP contribution in [0.15, 0.2) is 18.2 Å². The van der Waals surface area contributed by atoms with Gasteiger partial charge in [-0.05, 0) is 78.0 Å². The first-order valence-electron chi connectivity index (χ1n) is 14.5. The quantitative estimate of drug-likeness (QED) is 0.455.